The first kappa shape index (κ1) is 18.6. The maximum absolute atomic E-state index is 14.6. The summed E-state index contributed by atoms with van der Waals surface area (Å²) in [6.45, 7) is 3.61. The zero-order chi connectivity index (χ0) is 19.1. The Morgan fingerprint density at radius 3 is 2.58 bits per heavy atom. The van der Waals surface area contributed by atoms with Crippen LogP contribution in [0.3, 0.4) is 0 Å². The maximum atomic E-state index is 14.6. The van der Waals surface area contributed by atoms with Crippen molar-refractivity contribution in [2.45, 2.75) is 49.8 Å². The second-order valence-corrected chi connectivity index (χ2v) is 8.35. The molecule has 142 valence electrons. The molecule has 0 bridgehead atoms. The van der Waals surface area contributed by atoms with Crippen LogP contribution in [-0.2, 0) is 19.6 Å². The predicted octanol–water partition coefficient (Wildman–Crippen LogP) is 1.76. The Balaban J connectivity index is 1.97. The van der Waals surface area contributed by atoms with E-state index in [0.717, 1.165) is 5.56 Å². The molecule has 9 heteroatoms. The first-order valence-electron chi connectivity index (χ1n) is 8.49. The highest BCUT2D eigenvalue weighted by Gasteiger charge is 2.56. The molecule has 1 N–H and O–H groups in total. The molecule has 2 aliphatic rings. The third kappa shape index (κ3) is 3.04. The van der Waals surface area contributed by atoms with Crippen molar-refractivity contribution in [1.29, 1.82) is 0 Å². The Labute approximate surface area is 151 Å². The lowest BCUT2D eigenvalue weighted by atomic mass is 9.81. The van der Waals surface area contributed by atoms with Gasteiger partial charge in [-0.15, -0.1) is 0 Å². The number of alkyl halides is 1. The quantitative estimate of drug-likeness (QED) is 0.799. The number of sulfonamides is 1. The number of fused-ring (bicyclic) bond motifs is 1. The third-order valence-electron chi connectivity index (χ3n) is 4.85. The molecule has 0 aromatic heterocycles. The van der Waals surface area contributed by atoms with Gasteiger partial charge >= 0.3 is 12.0 Å². The van der Waals surface area contributed by atoms with E-state index in [9.17, 15) is 22.4 Å². The summed E-state index contributed by atoms with van der Waals surface area (Å²) < 4.78 is 46.1. The predicted molar refractivity (Wildman–Crippen MR) is 90.6 cm³/mol. The van der Waals surface area contributed by atoms with Crippen LogP contribution in [0.4, 0.5) is 9.18 Å². The number of urea groups is 1. The molecule has 1 heterocycles. The van der Waals surface area contributed by atoms with E-state index in [4.69, 9.17) is 4.74 Å². The highest BCUT2D eigenvalue weighted by atomic mass is 32.2. The van der Waals surface area contributed by atoms with E-state index in [1.54, 1.807) is 26.0 Å². The average Bonchev–Trinajstić information content (AvgIpc) is 2.94. The summed E-state index contributed by atoms with van der Waals surface area (Å²) in [4.78, 5) is 24.5. The summed E-state index contributed by atoms with van der Waals surface area (Å²) in [5.41, 5.74) is 0.858. The van der Waals surface area contributed by atoms with E-state index in [-0.39, 0.29) is 24.3 Å². The van der Waals surface area contributed by atoms with Crippen molar-refractivity contribution in [2.24, 2.45) is 5.92 Å². The number of nitrogens with zero attached hydrogens (tertiary/aromatic N) is 1. The maximum Gasteiger partial charge on any atom is 0.332 e. The van der Waals surface area contributed by atoms with Gasteiger partial charge in [-0.05, 0) is 38.8 Å². The van der Waals surface area contributed by atoms with E-state index in [1.165, 1.54) is 12.1 Å². The monoisotopic (exact) mass is 384 g/mol. The second kappa shape index (κ2) is 6.86. The van der Waals surface area contributed by atoms with Crippen molar-refractivity contribution in [2.75, 3.05) is 6.61 Å². The van der Waals surface area contributed by atoms with Crippen molar-refractivity contribution in [3.63, 3.8) is 0 Å². The fraction of sp³-hybridized carbons (Fsp3) is 0.529. The molecule has 0 spiro atoms. The Hall–Kier alpha value is -2.16. The van der Waals surface area contributed by atoms with Crippen LogP contribution in [0.1, 0.15) is 25.3 Å². The van der Waals surface area contributed by atoms with E-state index in [1.807, 2.05) is 0 Å². The van der Waals surface area contributed by atoms with Gasteiger partial charge in [0.1, 0.15) is 12.2 Å². The number of rotatable bonds is 4. The molecule has 3 rings (SSSR count). The van der Waals surface area contributed by atoms with Gasteiger partial charge in [0.05, 0.1) is 23.5 Å². The number of ether oxygens (including phenoxy) is 1. The minimum absolute atomic E-state index is 0.0144. The molecule has 2 fully saturated rings. The van der Waals surface area contributed by atoms with Crippen molar-refractivity contribution < 1.29 is 27.1 Å². The minimum Gasteiger partial charge on any atom is -0.466 e. The van der Waals surface area contributed by atoms with Gasteiger partial charge in [-0.1, -0.05) is 17.7 Å². The fourth-order valence-electron chi connectivity index (χ4n) is 3.58. The average molecular weight is 384 g/mol. The SMILES string of the molecule is CCOC(=O)[C@@H]1CC[C@@H](F)[C@H]2[C@@H]1NC(=O)N2S(=O)(=O)c1ccc(C)cc1. The summed E-state index contributed by atoms with van der Waals surface area (Å²) in [5.74, 6) is -1.32. The van der Waals surface area contributed by atoms with Gasteiger partial charge < -0.3 is 10.1 Å². The first-order valence-corrected chi connectivity index (χ1v) is 9.93. The topological polar surface area (TPSA) is 92.8 Å². The van der Waals surface area contributed by atoms with Crippen LogP contribution in [0.15, 0.2) is 29.2 Å². The highest BCUT2D eigenvalue weighted by Crippen LogP contribution is 2.37. The van der Waals surface area contributed by atoms with Crippen LogP contribution in [0.5, 0.6) is 0 Å². The van der Waals surface area contributed by atoms with Gasteiger partial charge in [0.15, 0.2) is 0 Å². The molecule has 1 aliphatic heterocycles. The molecule has 7 nitrogen and oxygen atoms in total. The minimum atomic E-state index is -4.24. The molecule has 1 saturated carbocycles. The molecule has 1 aliphatic carbocycles. The Morgan fingerprint density at radius 1 is 1.31 bits per heavy atom. The number of aryl methyl sites for hydroxylation is 1. The summed E-state index contributed by atoms with van der Waals surface area (Å²) in [6.07, 6.45) is -1.37. The fourth-order valence-corrected chi connectivity index (χ4v) is 5.14. The van der Waals surface area contributed by atoms with Crippen LogP contribution in [-0.4, -0.2) is 49.6 Å². The molecule has 4 atom stereocenters. The van der Waals surface area contributed by atoms with Gasteiger partial charge in [-0.3, -0.25) is 4.79 Å². The van der Waals surface area contributed by atoms with Crippen LogP contribution in [0, 0.1) is 12.8 Å². The van der Waals surface area contributed by atoms with Gasteiger partial charge in [-0.25, -0.2) is 21.9 Å². The van der Waals surface area contributed by atoms with Crippen LogP contribution < -0.4 is 5.32 Å². The van der Waals surface area contributed by atoms with E-state index in [0.29, 0.717) is 4.31 Å². The summed E-state index contributed by atoms with van der Waals surface area (Å²) in [7, 11) is -4.24. The molecular weight excluding hydrogens is 363 g/mol. The van der Waals surface area contributed by atoms with Crippen LogP contribution in [0.25, 0.3) is 0 Å². The van der Waals surface area contributed by atoms with Crippen molar-refractivity contribution in [1.82, 2.24) is 9.62 Å². The van der Waals surface area contributed by atoms with Crippen molar-refractivity contribution in [3.05, 3.63) is 29.8 Å². The number of nitrogens with one attached hydrogen (secondary N) is 1. The van der Waals surface area contributed by atoms with Gasteiger partial charge in [0.25, 0.3) is 10.0 Å². The lowest BCUT2D eigenvalue weighted by molar-refractivity contribution is -0.150. The standard InChI is InChI=1S/C17H21FN2O5S/c1-3-25-16(21)12-8-9-13(18)15-14(12)19-17(22)20(15)26(23,24)11-6-4-10(2)5-7-11/h4-7,12-15H,3,8-9H2,1-2H3,(H,19,22)/t12-,13-,14-,15+/m1/s1. The Kier molecular flexibility index (Phi) is 4.92. The lowest BCUT2D eigenvalue weighted by Gasteiger charge is -2.36. The van der Waals surface area contributed by atoms with E-state index < -0.39 is 46.2 Å². The lowest BCUT2D eigenvalue weighted by Crippen LogP contribution is -2.54. The molecular formula is C17H21FN2O5S. The van der Waals surface area contributed by atoms with Gasteiger partial charge in [-0.2, -0.15) is 0 Å². The first-order chi connectivity index (χ1) is 12.3. The smallest absolute Gasteiger partial charge is 0.332 e. The second-order valence-electron chi connectivity index (χ2n) is 6.53. The van der Waals surface area contributed by atoms with Crippen molar-refractivity contribution in [3.8, 4) is 0 Å². The largest absolute Gasteiger partial charge is 0.466 e. The molecule has 1 saturated heterocycles. The Morgan fingerprint density at radius 2 is 1.96 bits per heavy atom. The molecule has 0 unspecified atom stereocenters. The zero-order valence-corrected chi connectivity index (χ0v) is 15.3. The van der Waals surface area contributed by atoms with Crippen LogP contribution >= 0.6 is 0 Å². The van der Waals surface area contributed by atoms with E-state index in [2.05, 4.69) is 5.32 Å². The molecule has 26 heavy (non-hydrogen) atoms. The number of benzene rings is 1. The number of hydrogen-bond donors (Lipinski definition) is 1. The summed E-state index contributed by atoms with van der Waals surface area (Å²) >= 11 is 0. The van der Waals surface area contributed by atoms with E-state index >= 15 is 0 Å². The number of amides is 2. The van der Waals surface area contributed by atoms with Crippen molar-refractivity contribution >= 4 is 22.0 Å². The third-order valence-corrected chi connectivity index (χ3v) is 6.65. The molecule has 0 radical (unpaired) electrons. The van der Waals surface area contributed by atoms with Gasteiger partial charge in [0.2, 0.25) is 0 Å². The number of halogens is 1. The molecule has 1 aromatic rings. The highest BCUT2D eigenvalue weighted by molar-refractivity contribution is 7.89. The Bertz CT molecular complexity index is 811. The summed E-state index contributed by atoms with van der Waals surface area (Å²) in [6, 6.07) is 2.84. The molecule has 1 aromatic carbocycles. The number of carbonyl (C=O) groups excluding carboxylic acids is 2. The number of carbonyl (C=O) groups is 2. The normalized spacial score (nSPS) is 28.4. The van der Waals surface area contributed by atoms with Crippen LogP contribution in [0.2, 0.25) is 0 Å². The number of esters is 1. The number of hydrogen-bond acceptors (Lipinski definition) is 5. The molecule has 2 amide bonds. The van der Waals surface area contributed by atoms with Gasteiger partial charge in [0, 0.05) is 0 Å². The zero-order valence-electron chi connectivity index (χ0n) is 14.5. The summed E-state index contributed by atoms with van der Waals surface area (Å²) in [5, 5.41) is 2.48.